The highest BCUT2D eigenvalue weighted by Gasteiger charge is 2.09. The number of ether oxygens (including phenoxy) is 2. The first kappa shape index (κ1) is 22.1. The second-order valence-electron chi connectivity index (χ2n) is 6.43. The average molecular weight is 493 g/mol. The lowest BCUT2D eigenvalue weighted by Gasteiger charge is -2.14. The molecule has 3 aromatic rings. The van der Waals surface area contributed by atoms with E-state index in [4.69, 9.17) is 21.1 Å². The van der Waals surface area contributed by atoms with E-state index in [2.05, 4.69) is 21.2 Å². The molecular formula is C23H20BrClFNO3. The number of rotatable bonds is 8. The maximum absolute atomic E-state index is 13.2. The van der Waals surface area contributed by atoms with Gasteiger partial charge in [0.05, 0.1) is 17.2 Å². The zero-order valence-corrected chi connectivity index (χ0v) is 18.6. The summed E-state index contributed by atoms with van der Waals surface area (Å²) in [5.74, 6) is -0.0355. The van der Waals surface area contributed by atoms with Crippen molar-refractivity contribution in [3.63, 3.8) is 0 Å². The molecule has 0 saturated heterocycles. The molecule has 3 aromatic carbocycles. The number of hydrogen-bond donors (Lipinski definition) is 1. The van der Waals surface area contributed by atoms with E-state index in [1.165, 1.54) is 12.1 Å². The van der Waals surface area contributed by atoms with Crippen molar-refractivity contribution in [2.45, 2.75) is 20.1 Å². The summed E-state index contributed by atoms with van der Waals surface area (Å²) in [6.45, 7) is 2.84. The molecule has 0 atom stereocenters. The van der Waals surface area contributed by atoms with Crippen LogP contribution in [0.4, 0.5) is 10.1 Å². The van der Waals surface area contributed by atoms with Gasteiger partial charge in [0.15, 0.2) is 0 Å². The van der Waals surface area contributed by atoms with Gasteiger partial charge in [0.25, 0.3) is 0 Å². The minimum absolute atomic E-state index is 0.224. The third-order valence-electron chi connectivity index (χ3n) is 4.30. The first-order chi connectivity index (χ1) is 14.5. The molecule has 0 spiro atoms. The fourth-order valence-electron chi connectivity index (χ4n) is 2.76. The first-order valence-corrected chi connectivity index (χ1v) is 10.5. The third-order valence-corrected chi connectivity index (χ3v) is 5.14. The standard InChI is InChI=1S/C23H20BrClFNO3/c1-2-29-23(28)15-4-8-20(9-5-15)27-13-17-11-18(24)6-10-22(17)30-14-16-3-7-19(26)12-21(16)25/h3-12,27H,2,13-14H2,1H3. The van der Waals surface area contributed by atoms with Gasteiger partial charge in [0.2, 0.25) is 0 Å². The van der Waals surface area contributed by atoms with E-state index in [1.54, 1.807) is 25.1 Å². The van der Waals surface area contributed by atoms with Gasteiger partial charge >= 0.3 is 5.97 Å². The van der Waals surface area contributed by atoms with Crippen LogP contribution in [0.15, 0.2) is 65.1 Å². The van der Waals surface area contributed by atoms with Crippen molar-refractivity contribution in [2.75, 3.05) is 11.9 Å². The minimum atomic E-state index is -0.383. The van der Waals surface area contributed by atoms with Crippen LogP contribution >= 0.6 is 27.5 Å². The summed E-state index contributed by atoms with van der Waals surface area (Å²) in [7, 11) is 0. The number of nitrogens with one attached hydrogen (secondary N) is 1. The fourth-order valence-corrected chi connectivity index (χ4v) is 3.39. The van der Waals surface area contributed by atoms with Crippen molar-refractivity contribution >= 4 is 39.2 Å². The van der Waals surface area contributed by atoms with Gasteiger partial charge in [-0.3, -0.25) is 0 Å². The van der Waals surface area contributed by atoms with Gasteiger partial charge in [-0.1, -0.05) is 33.6 Å². The lowest BCUT2D eigenvalue weighted by atomic mass is 10.1. The summed E-state index contributed by atoms with van der Waals surface area (Å²) >= 11 is 9.56. The molecule has 0 amide bonds. The molecule has 0 aromatic heterocycles. The number of carbonyl (C=O) groups excluding carboxylic acids is 1. The van der Waals surface area contributed by atoms with Crippen LogP contribution in [0.25, 0.3) is 0 Å². The van der Waals surface area contributed by atoms with Crippen molar-refractivity contribution < 1.29 is 18.7 Å². The van der Waals surface area contributed by atoms with Crippen molar-refractivity contribution in [2.24, 2.45) is 0 Å². The average Bonchev–Trinajstić information content (AvgIpc) is 2.73. The quantitative estimate of drug-likeness (QED) is 0.360. The highest BCUT2D eigenvalue weighted by atomic mass is 79.9. The Morgan fingerprint density at radius 3 is 2.53 bits per heavy atom. The van der Waals surface area contributed by atoms with Gasteiger partial charge in [-0.05, 0) is 61.5 Å². The summed E-state index contributed by atoms with van der Waals surface area (Å²) < 4.78 is 25.1. The van der Waals surface area contributed by atoms with Crippen molar-refractivity contribution in [1.82, 2.24) is 0 Å². The highest BCUT2D eigenvalue weighted by molar-refractivity contribution is 9.10. The van der Waals surface area contributed by atoms with Crippen molar-refractivity contribution in [3.8, 4) is 5.75 Å². The molecule has 0 fully saturated rings. The number of anilines is 1. The Kier molecular flexibility index (Phi) is 7.71. The maximum atomic E-state index is 13.2. The minimum Gasteiger partial charge on any atom is -0.488 e. The van der Waals surface area contributed by atoms with Crippen LogP contribution in [0.1, 0.15) is 28.4 Å². The highest BCUT2D eigenvalue weighted by Crippen LogP contribution is 2.27. The fraction of sp³-hybridized carbons (Fsp3) is 0.174. The van der Waals surface area contributed by atoms with E-state index in [-0.39, 0.29) is 18.4 Å². The lowest BCUT2D eigenvalue weighted by Crippen LogP contribution is -2.06. The van der Waals surface area contributed by atoms with Gasteiger partial charge < -0.3 is 14.8 Å². The molecular weight excluding hydrogens is 473 g/mol. The Morgan fingerprint density at radius 1 is 1.07 bits per heavy atom. The molecule has 30 heavy (non-hydrogen) atoms. The zero-order valence-electron chi connectivity index (χ0n) is 16.3. The Hall–Kier alpha value is -2.57. The van der Waals surface area contributed by atoms with Gasteiger partial charge in [0, 0.05) is 27.8 Å². The second-order valence-corrected chi connectivity index (χ2v) is 7.75. The molecule has 0 saturated carbocycles. The monoisotopic (exact) mass is 491 g/mol. The van der Waals surface area contributed by atoms with E-state index < -0.39 is 0 Å². The Balaban J connectivity index is 1.67. The van der Waals surface area contributed by atoms with E-state index in [1.807, 2.05) is 30.3 Å². The van der Waals surface area contributed by atoms with Gasteiger partial charge in [-0.2, -0.15) is 0 Å². The number of hydrogen-bond acceptors (Lipinski definition) is 4. The number of halogens is 3. The van der Waals surface area contributed by atoms with Crippen LogP contribution in [0, 0.1) is 5.82 Å². The van der Waals surface area contributed by atoms with E-state index in [9.17, 15) is 9.18 Å². The molecule has 0 unspecified atom stereocenters. The molecule has 0 aliphatic rings. The number of carbonyl (C=O) groups is 1. The van der Waals surface area contributed by atoms with Crippen molar-refractivity contribution in [1.29, 1.82) is 0 Å². The summed E-state index contributed by atoms with van der Waals surface area (Å²) in [5.41, 5.74) is 2.99. The van der Waals surface area contributed by atoms with Crippen LogP contribution in [-0.2, 0) is 17.9 Å². The normalized spacial score (nSPS) is 10.5. The number of benzene rings is 3. The number of esters is 1. The molecule has 0 aliphatic carbocycles. The molecule has 156 valence electrons. The molecule has 0 heterocycles. The van der Waals surface area contributed by atoms with Crippen LogP contribution < -0.4 is 10.1 Å². The molecule has 0 bridgehead atoms. The molecule has 4 nitrogen and oxygen atoms in total. The van der Waals surface area contributed by atoms with Crippen LogP contribution in [0.5, 0.6) is 5.75 Å². The Labute approximate surface area is 188 Å². The first-order valence-electron chi connectivity index (χ1n) is 9.32. The molecule has 1 N–H and O–H groups in total. The second kappa shape index (κ2) is 10.5. The Bertz CT molecular complexity index is 1030. The summed E-state index contributed by atoms with van der Waals surface area (Å²) in [6, 6.07) is 17.0. The predicted molar refractivity (Wildman–Crippen MR) is 120 cm³/mol. The molecule has 0 radical (unpaired) electrons. The maximum Gasteiger partial charge on any atom is 0.338 e. The van der Waals surface area contributed by atoms with Crippen molar-refractivity contribution in [3.05, 3.63) is 92.7 Å². The molecule has 3 rings (SSSR count). The van der Waals surface area contributed by atoms with Gasteiger partial charge in [-0.25, -0.2) is 9.18 Å². The Morgan fingerprint density at radius 2 is 1.83 bits per heavy atom. The largest absolute Gasteiger partial charge is 0.488 e. The van der Waals surface area contributed by atoms with E-state index >= 15 is 0 Å². The van der Waals surface area contributed by atoms with Crippen LogP contribution in [-0.4, -0.2) is 12.6 Å². The predicted octanol–water partition coefficient (Wildman–Crippen LogP) is 6.61. The van der Waals surface area contributed by atoms with Crippen LogP contribution in [0.3, 0.4) is 0 Å². The van der Waals surface area contributed by atoms with E-state index in [0.717, 1.165) is 15.7 Å². The van der Waals surface area contributed by atoms with Crippen LogP contribution in [0.2, 0.25) is 5.02 Å². The smallest absolute Gasteiger partial charge is 0.338 e. The van der Waals surface area contributed by atoms with Gasteiger partial charge in [-0.15, -0.1) is 0 Å². The SMILES string of the molecule is CCOC(=O)c1ccc(NCc2cc(Br)ccc2OCc2ccc(F)cc2Cl)cc1. The zero-order chi connectivity index (χ0) is 21.5. The summed E-state index contributed by atoms with van der Waals surface area (Å²) in [4.78, 5) is 11.8. The van der Waals surface area contributed by atoms with Gasteiger partial charge in [0.1, 0.15) is 18.2 Å². The third kappa shape index (κ3) is 5.97. The summed E-state index contributed by atoms with van der Waals surface area (Å²) in [6.07, 6.45) is 0. The van der Waals surface area contributed by atoms with E-state index in [0.29, 0.717) is 35.1 Å². The topological polar surface area (TPSA) is 47.6 Å². The molecule has 0 aliphatic heterocycles. The summed E-state index contributed by atoms with van der Waals surface area (Å²) in [5, 5.41) is 3.64. The lowest BCUT2D eigenvalue weighted by molar-refractivity contribution is 0.0526. The molecule has 7 heteroatoms.